The number of carbonyl (C=O) groups is 2. The first kappa shape index (κ1) is 15.5. The molecule has 7 heteroatoms. The molecule has 1 fully saturated rings. The number of hydrogen-bond donors (Lipinski definition) is 0. The number of esters is 2. The van der Waals surface area contributed by atoms with Crippen molar-refractivity contribution in [3.63, 3.8) is 0 Å². The van der Waals surface area contributed by atoms with Crippen LogP contribution in [0.25, 0.3) is 0 Å². The van der Waals surface area contributed by atoms with Gasteiger partial charge in [0.15, 0.2) is 11.9 Å². The van der Waals surface area contributed by atoms with Crippen LogP contribution in [0.2, 0.25) is 0 Å². The highest BCUT2D eigenvalue weighted by molar-refractivity contribution is 5.90. The van der Waals surface area contributed by atoms with Crippen molar-refractivity contribution in [1.29, 1.82) is 0 Å². The normalized spacial score (nSPS) is 27.5. The molecule has 2 aliphatic rings. The maximum atomic E-state index is 11.9. The molecule has 21 heavy (non-hydrogen) atoms. The summed E-state index contributed by atoms with van der Waals surface area (Å²) in [6, 6.07) is 0. The molecule has 0 spiro atoms. The monoisotopic (exact) mass is 298 g/mol. The van der Waals surface area contributed by atoms with Crippen molar-refractivity contribution in [2.45, 2.75) is 38.8 Å². The van der Waals surface area contributed by atoms with Gasteiger partial charge in [-0.2, -0.15) is 0 Å². The van der Waals surface area contributed by atoms with Gasteiger partial charge in [-0.1, -0.05) is 12.7 Å². The van der Waals surface area contributed by atoms with Crippen LogP contribution in [0.4, 0.5) is 0 Å². The highest BCUT2D eigenvalue weighted by Gasteiger charge is 2.48. The van der Waals surface area contributed by atoms with E-state index in [-0.39, 0.29) is 24.7 Å². The van der Waals surface area contributed by atoms with Crippen LogP contribution in [0, 0.1) is 0 Å². The van der Waals surface area contributed by atoms with E-state index >= 15 is 0 Å². The van der Waals surface area contributed by atoms with Crippen LogP contribution < -0.4 is 0 Å². The number of cyclic esters (lactones) is 1. The molecule has 0 aromatic heterocycles. The highest BCUT2D eigenvalue weighted by Crippen LogP contribution is 2.34. The molecule has 0 aromatic carbocycles. The van der Waals surface area contributed by atoms with Crippen molar-refractivity contribution >= 4 is 11.9 Å². The topological polar surface area (TPSA) is 80.3 Å². The molecule has 0 N–H and O–H groups in total. The molecule has 2 aliphatic heterocycles. The summed E-state index contributed by atoms with van der Waals surface area (Å²) in [7, 11) is 0. The number of ether oxygens (including phenoxy) is 5. The van der Waals surface area contributed by atoms with E-state index in [2.05, 4.69) is 6.58 Å². The summed E-state index contributed by atoms with van der Waals surface area (Å²) in [5.41, 5.74) is 0. The Morgan fingerprint density at radius 2 is 2.24 bits per heavy atom. The molecule has 0 radical (unpaired) electrons. The predicted octanol–water partition coefficient (Wildman–Crippen LogP) is 1.04. The number of carbonyl (C=O) groups excluding carboxylic acids is 2. The number of hydrogen-bond acceptors (Lipinski definition) is 7. The third-order valence-electron chi connectivity index (χ3n) is 2.87. The summed E-state index contributed by atoms with van der Waals surface area (Å²) in [6.07, 6.45) is 0.0308. The maximum Gasteiger partial charge on any atom is 0.378 e. The SMILES string of the molecule is C=CCOC1=C(OC(C)=O)C(C2COC(C)(C)O2)OC1=O. The lowest BCUT2D eigenvalue weighted by Crippen LogP contribution is -2.33. The van der Waals surface area contributed by atoms with Crippen LogP contribution in [-0.4, -0.2) is 43.1 Å². The van der Waals surface area contributed by atoms with Gasteiger partial charge < -0.3 is 23.7 Å². The zero-order chi connectivity index (χ0) is 15.6. The minimum absolute atomic E-state index is 0.0145. The third kappa shape index (κ3) is 3.43. The zero-order valence-corrected chi connectivity index (χ0v) is 12.2. The maximum absolute atomic E-state index is 11.9. The van der Waals surface area contributed by atoms with Crippen molar-refractivity contribution in [2.24, 2.45) is 0 Å². The smallest absolute Gasteiger partial charge is 0.378 e. The van der Waals surface area contributed by atoms with Gasteiger partial charge in [0.2, 0.25) is 11.5 Å². The third-order valence-corrected chi connectivity index (χ3v) is 2.87. The van der Waals surface area contributed by atoms with E-state index in [4.69, 9.17) is 23.7 Å². The Labute approximate surface area is 122 Å². The molecule has 116 valence electrons. The van der Waals surface area contributed by atoms with Crippen LogP contribution in [-0.2, 0) is 33.3 Å². The average molecular weight is 298 g/mol. The van der Waals surface area contributed by atoms with Crippen molar-refractivity contribution < 1.29 is 33.3 Å². The second-order valence-electron chi connectivity index (χ2n) is 5.08. The van der Waals surface area contributed by atoms with Gasteiger partial charge in [0.25, 0.3) is 0 Å². The van der Waals surface area contributed by atoms with Gasteiger partial charge in [-0.3, -0.25) is 4.79 Å². The van der Waals surface area contributed by atoms with E-state index in [9.17, 15) is 9.59 Å². The van der Waals surface area contributed by atoms with Gasteiger partial charge in [0.1, 0.15) is 12.7 Å². The average Bonchev–Trinajstić information content (AvgIpc) is 2.88. The van der Waals surface area contributed by atoms with Crippen molar-refractivity contribution in [3.8, 4) is 0 Å². The quantitative estimate of drug-likeness (QED) is 0.554. The molecule has 2 unspecified atom stereocenters. The van der Waals surface area contributed by atoms with Crippen molar-refractivity contribution in [3.05, 3.63) is 24.2 Å². The lowest BCUT2D eigenvalue weighted by molar-refractivity contribution is -0.165. The first-order valence-corrected chi connectivity index (χ1v) is 6.53. The second kappa shape index (κ2) is 5.87. The standard InChI is InChI=1S/C14H18O7/c1-5-6-17-12-11(19-8(2)15)10(20-13(12)16)9-7-18-14(3,4)21-9/h5,9-10H,1,6-7H2,2-4H3. The molecule has 2 heterocycles. The van der Waals surface area contributed by atoms with Crippen molar-refractivity contribution in [1.82, 2.24) is 0 Å². The summed E-state index contributed by atoms with van der Waals surface area (Å²) in [4.78, 5) is 23.1. The fraction of sp³-hybridized carbons (Fsp3) is 0.571. The van der Waals surface area contributed by atoms with Gasteiger partial charge in [-0.05, 0) is 13.8 Å². The Hall–Kier alpha value is -1.86. The molecule has 0 saturated carbocycles. The Kier molecular flexibility index (Phi) is 4.34. The number of rotatable bonds is 5. The minimum atomic E-state index is -0.872. The van der Waals surface area contributed by atoms with E-state index in [1.807, 2.05) is 0 Å². The van der Waals surface area contributed by atoms with Crippen LogP contribution >= 0.6 is 0 Å². The van der Waals surface area contributed by atoms with Gasteiger partial charge in [-0.15, -0.1) is 0 Å². The molecule has 7 nitrogen and oxygen atoms in total. The van der Waals surface area contributed by atoms with Gasteiger partial charge >= 0.3 is 11.9 Å². The fourth-order valence-corrected chi connectivity index (χ4v) is 2.09. The second-order valence-corrected chi connectivity index (χ2v) is 5.08. The fourth-order valence-electron chi connectivity index (χ4n) is 2.09. The molecule has 2 rings (SSSR count). The summed E-state index contributed by atoms with van der Waals surface area (Å²) in [5, 5.41) is 0. The zero-order valence-electron chi connectivity index (χ0n) is 12.2. The summed E-state index contributed by atoms with van der Waals surface area (Å²) < 4.78 is 26.6. The molecular weight excluding hydrogens is 280 g/mol. The van der Waals surface area contributed by atoms with Crippen LogP contribution in [0.15, 0.2) is 24.2 Å². The van der Waals surface area contributed by atoms with Crippen LogP contribution in [0.5, 0.6) is 0 Å². The lowest BCUT2D eigenvalue weighted by atomic mass is 10.2. The van der Waals surface area contributed by atoms with E-state index in [1.165, 1.54) is 13.0 Å². The van der Waals surface area contributed by atoms with Crippen molar-refractivity contribution in [2.75, 3.05) is 13.2 Å². The largest absolute Gasteiger partial charge is 0.480 e. The molecule has 0 aromatic rings. The lowest BCUT2D eigenvalue weighted by Gasteiger charge is -2.21. The summed E-state index contributed by atoms with van der Waals surface area (Å²) in [6.45, 7) is 8.52. The van der Waals surface area contributed by atoms with Gasteiger partial charge in [0.05, 0.1) is 6.61 Å². The van der Waals surface area contributed by atoms with E-state index in [0.717, 1.165) is 0 Å². The van der Waals surface area contributed by atoms with E-state index < -0.39 is 29.9 Å². The van der Waals surface area contributed by atoms with Crippen LogP contribution in [0.3, 0.4) is 0 Å². The van der Waals surface area contributed by atoms with Crippen LogP contribution in [0.1, 0.15) is 20.8 Å². The molecule has 2 atom stereocenters. The summed E-state index contributed by atoms with van der Waals surface area (Å²) >= 11 is 0. The minimum Gasteiger partial charge on any atom is -0.480 e. The highest BCUT2D eigenvalue weighted by atomic mass is 16.8. The van der Waals surface area contributed by atoms with Gasteiger partial charge in [-0.25, -0.2) is 4.79 Å². The molecular formula is C14H18O7. The molecule has 0 aliphatic carbocycles. The first-order chi connectivity index (χ1) is 9.84. The Morgan fingerprint density at radius 1 is 1.52 bits per heavy atom. The Balaban J connectivity index is 2.24. The Morgan fingerprint density at radius 3 is 2.76 bits per heavy atom. The first-order valence-electron chi connectivity index (χ1n) is 6.53. The van der Waals surface area contributed by atoms with E-state index in [1.54, 1.807) is 13.8 Å². The van der Waals surface area contributed by atoms with Gasteiger partial charge in [0, 0.05) is 6.92 Å². The molecule has 1 saturated heterocycles. The summed E-state index contributed by atoms with van der Waals surface area (Å²) in [5.74, 6) is -2.19. The predicted molar refractivity (Wildman–Crippen MR) is 69.7 cm³/mol. The molecule has 0 amide bonds. The van der Waals surface area contributed by atoms with E-state index in [0.29, 0.717) is 0 Å². The Bertz CT molecular complexity index is 492. The molecule has 0 bridgehead atoms.